The van der Waals surface area contributed by atoms with Crippen molar-refractivity contribution in [2.45, 2.75) is 13.8 Å². The standard InChI is InChI=1S/C23H29N3O4S/c1-14-8-9-19-20(15(14)2)24-23(31-19)26(11-10-25(3)4)22(27)16-12-17(28-5)21(30-7)18(13-16)29-6/h8-9,12-13H,10-11H2,1-7H3. The number of carbonyl (C=O) groups is 1. The van der Waals surface area contributed by atoms with E-state index in [0.717, 1.165) is 15.8 Å². The molecule has 0 N–H and O–H groups in total. The number of anilines is 1. The molecular weight excluding hydrogens is 414 g/mol. The number of ether oxygens (including phenoxy) is 3. The molecule has 0 spiro atoms. The normalized spacial score (nSPS) is 11.1. The van der Waals surface area contributed by atoms with E-state index in [0.29, 0.717) is 41.0 Å². The summed E-state index contributed by atoms with van der Waals surface area (Å²) in [5.74, 6) is 1.16. The Morgan fingerprint density at radius 1 is 1.00 bits per heavy atom. The largest absolute Gasteiger partial charge is 0.493 e. The first-order valence-electron chi connectivity index (χ1n) is 9.94. The minimum absolute atomic E-state index is 0.172. The summed E-state index contributed by atoms with van der Waals surface area (Å²) < 4.78 is 17.3. The fraction of sp³-hybridized carbons (Fsp3) is 0.391. The molecule has 0 saturated heterocycles. The fourth-order valence-electron chi connectivity index (χ4n) is 3.27. The molecule has 8 heteroatoms. The third-order valence-corrected chi connectivity index (χ3v) is 6.28. The van der Waals surface area contributed by atoms with Crippen LogP contribution in [0.1, 0.15) is 21.5 Å². The molecule has 2 aromatic carbocycles. The first-order valence-corrected chi connectivity index (χ1v) is 10.8. The second-order valence-corrected chi connectivity index (χ2v) is 8.53. The maximum absolute atomic E-state index is 13.6. The third kappa shape index (κ3) is 4.60. The molecule has 0 atom stereocenters. The molecule has 7 nitrogen and oxygen atoms in total. The number of hydrogen-bond donors (Lipinski definition) is 0. The van der Waals surface area contributed by atoms with Crippen LogP contribution in [0.4, 0.5) is 5.13 Å². The second-order valence-electron chi connectivity index (χ2n) is 7.52. The zero-order valence-corrected chi connectivity index (χ0v) is 19.9. The van der Waals surface area contributed by atoms with Crippen LogP contribution in [-0.2, 0) is 0 Å². The van der Waals surface area contributed by atoms with E-state index in [4.69, 9.17) is 19.2 Å². The van der Waals surface area contributed by atoms with Crippen LogP contribution >= 0.6 is 11.3 Å². The van der Waals surface area contributed by atoms with Gasteiger partial charge in [0.05, 0.1) is 31.5 Å². The third-order valence-electron chi connectivity index (χ3n) is 5.23. The lowest BCUT2D eigenvalue weighted by Gasteiger charge is -2.23. The molecule has 166 valence electrons. The molecule has 3 aromatic rings. The number of nitrogens with zero attached hydrogens (tertiary/aromatic N) is 3. The first kappa shape index (κ1) is 22.8. The van der Waals surface area contributed by atoms with E-state index in [2.05, 4.69) is 26.0 Å². The predicted octanol–water partition coefficient (Wildman–Crippen LogP) is 4.15. The van der Waals surface area contributed by atoms with Gasteiger partial charge in [0.15, 0.2) is 16.6 Å². The van der Waals surface area contributed by atoms with Crippen LogP contribution in [0.5, 0.6) is 17.2 Å². The van der Waals surface area contributed by atoms with Gasteiger partial charge in [-0.15, -0.1) is 0 Å². The van der Waals surface area contributed by atoms with Crippen LogP contribution in [0.15, 0.2) is 24.3 Å². The van der Waals surface area contributed by atoms with E-state index < -0.39 is 0 Å². The molecule has 0 aliphatic heterocycles. The summed E-state index contributed by atoms with van der Waals surface area (Å²) in [4.78, 5) is 22.2. The lowest BCUT2D eigenvalue weighted by atomic mass is 10.1. The van der Waals surface area contributed by atoms with Crippen LogP contribution in [0.25, 0.3) is 10.2 Å². The molecule has 0 unspecified atom stereocenters. The van der Waals surface area contributed by atoms with Crippen LogP contribution in [-0.4, -0.2) is 64.3 Å². The maximum atomic E-state index is 13.6. The zero-order valence-electron chi connectivity index (χ0n) is 19.1. The summed E-state index contributed by atoms with van der Waals surface area (Å²) >= 11 is 1.52. The average molecular weight is 444 g/mol. The minimum Gasteiger partial charge on any atom is -0.493 e. The van der Waals surface area contributed by atoms with Gasteiger partial charge in [0.25, 0.3) is 5.91 Å². The number of carbonyl (C=O) groups excluding carboxylic acids is 1. The van der Waals surface area contributed by atoms with Crippen molar-refractivity contribution in [2.75, 3.05) is 53.4 Å². The van der Waals surface area contributed by atoms with E-state index in [9.17, 15) is 4.79 Å². The highest BCUT2D eigenvalue weighted by molar-refractivity contribution is 7.22. The van der Waals surface area contributed by atoms with Gasteiger partial charge in [-0.2, -0.15) is 0 Å². The van der Waals surface area contributed by atoms with E-state index in [1.54, 1.807) is 17.0 Å². The number of likely N-dealkylation sites (N-methyl/N-ethyl adjacent to an activating group) is 1. The maximum Gasteiger partial charge on any atom is 0.260 e. The van der Waals surface area contributed by atoms with Crippen molar-refractivity contribution in [3.63, 3.8) is 0 Å². The SMILES string of the molecule is COc1cc(C(=O)N(CCN(C)C)c2nc3c(C)c(C)ccc3s2)cc(OC)c1OC. The molecule has 0 bridgehead atoms. The van der Waals surface area contributed by atoms with E-state index >= 15 is 0 Å². The van der Waals surface area contributed by atoms with E-state index in [-0.39, 0.29) is 5.91 Å². The molecule has 1 amide bonds. The molecule has 0 aliphatic rings. The lowest BCUT2D eigenvalue weighted by molar-refractivity contribution is 0.0984. The summed E-state index contributed by atoms with van der Waals surface area (Å²) in [6.07, 6.45) is 0. The van der Waals surface area contributed by atoms with Crippen molar-refractivity contribution < 1.29 is 19.0 Å². The lowest BCUT2D eigenvalue weighted by Crippen LogP contribution is -2.36. The number of methoxy groups -OCH3 is 3. The molecule has 1 heterocycles. The molecule has 3 rings (SSSR count). The van der Waals surface area contributed by atoms with Gasteiger partial charge in [-0.1, -0.05) is 17.4 Å². The monoisotopic (exact) mass is 443 g/mol. The Hall–Kier alpha value is -2.84. The van der Waals surface area contributed by atoms with Gasteiger partial charge >= 0.3 is 0 Å². The van der Waals surface area contributed by atoms with Crippen molar-refractivity contribution in [1.82, 2.24) is 9.88 Å². The number of aromatic nitrogens is 1. The highest BCUT2D eigenvalue weighted by atomic mass is 32.1. The van der Waals surface area contributed by atoms with Crippen molar-refractivity contribution >= 4 is 32.6 Å². The van der Waals surface area contributed by atoms with Gasteiger partial charge in [0.1, 0.15) is 0 Å². The van der Waals surface area contributed by atoms with Crippen LogP contribution in [0.2, 0.25) is 0 Å². The Morgan fingerprint density at radius 3 is 2.19 bits per heavy atom. The van der Waals surface area contributed by atoms with Crippen molar-refractivity contribution in [2.24, 2.45) is 0 Å². The Morgan fingerprint density at radius 2 is 1.65 bits per heavy atom. The summed E-state index contributed by atoms with van der Waals surface area (Å²) in [5.41, 5.74) is 3.70. The molecule has 0 aliphatic carbocycles. The van der Waals surface area contributed by atoms with Crippen molar-refractivity contribution in [3.05, 3.63) is 41.0 Å². The van der Waals surface area contributed by atoms with Gasteiger partial charge in [0, 0.05) is 18.7 Å². The van der Waals surface area contributed by atoms with Crippen LogP contribution < -0.4 is 19.1 Å². The van der Waals surface area contributed by atoms with Crippen LogP contribution in [0, 0.1) is 13.8 Å². The highest BCUT2D eigenvalue weighted by Crippen LogP contribution is 2.39. The van der Waals surface area contributed by atoms with Gasteiger partial charge in [-0.3, -0.25) is 9.69 Å². The number of fused-ring (bicyclic) bond motifs is 1. The molecule has 0 saturated carbocycles. The van der Waals surface area contributed by atoms with E-state index in [1.807, 2.05) is 19.0 Å². The minimum atomic E-state index is -0.172. The van der Waals surface area contributed by atoms with E-state index in [1.165, 1.54) is 38.2 Å². The Labute approximate surface area is 187 Å². The number of hydrogen-bond acceptors (Lipinski definition) is 7. The number of amides is 1. The smallest absolute Gasteiger partial charge is 0.260 e. The molecule has 0 radical (unpaired) electrons. The number of rotatable bonds is 8. The summed E-state index contributed by atoms with van der Waals surface area (Å²) in [6, 6.07) is 7.50. The van der Waals surface area contributed by atoms with Crippen LogP contribution in [0.3, 0.4) is 0 Å². The summed E-state index contributed by atoms with van der Waals surface area (Å²) in [5, 5.41) is 0.671. The topological polar surface area (TPSA) is 64.1 Å². The summed E-state index contributed by atoms with van der Waals surface area (Å²) in [6.45, 7) is 5.33. The highest BCUT2D eigenvalue weighted by Gasteiger charge is 2.25. The first-order chi connectivity index (χ1) is 14.8. The zero-order chi connectivity index (χ0) is 22.7. The fourth-order valence-corrected chi connectivity index (χ4v) is 4.32. The Kier molecular flexibility index (Phi) is 7.02. The Bertz CT molecular complexity index is 1070. The molecule has 0 fully saturated rings. The second kappa shape index (κ2) is 9.53. The Balaban J connectivity index is 2.09. The molecule has 31 heavy (non-hydrogen) atoms. The van der Waals surface area contributed by atoms with Gasteiger partial charge in [-0.25, -0.2) is 4.98 Å². The average Bonchev–Trinajstić information content (AvgIpc) is 3.19. The molecular formula is C23H29N3O4S. The van der Waals surface area contributed by atoms with Crippen molar-refractivity contribution in [1.29, 1.82) is 0 Å². The number of thiazole rings is 1. The van der Waals surface area contributed by atoms with Crippen molar-refractivity contribution in [3.8, 4) is 17.2 Å². The number of aryl methyl sites for hydroxylation is 2. The quantitative estimate of drug-likeness (QED) is 0.521. The van der Waals surface area contributed by atoms with Gasteiger partial charge in [-0.05, 0) is 57.3 Å². The number of benzene rings is 2. The summed E-state index contributed by atoms with van der Waals surface area (Å²) in [7, 11) is 8.57. The van der Waals surface area contributed by atoms with Gasteiger partial charge < -0.3 is 19.1 Å². The van der Waals surface area contributed by atoms with Gasteiger partial charge in [0.2, 0.25) is 5.75 Å². The predicted molar refractivity (Wildman–Crippen MR) is 125 cm³/mol. The molecule has 1 aromatic heterocycles.